The third-order valence-electron chi connectivity index (χ3n) is 7.08. The molecule has 0 bridgehead atoms. The standard InChI is InChI=1S/C30H26F2N4O3/c1-19-33-17-27(39-19)23-11-9-21(15-26(23)37-2)28-34-35-29-30(13-6-14-36(28)29,22-10-12-24(31)25(32)16-22)38-18-20-7-4-3-5-8-20/h3-5,7-12,15-17H,6,13-14,18H2,1-2H3. The monoisotopic (exact) mass is 528 g/mol. The van der Waals surface area contributed by atoms with Crippen LogP contribution in [0.5, 0.6) is 5.75 Å². The molecule has 0 radical (unpaired) electrons. The van der Waals surface area contributed by atoms with Gasteiger partial charge >= 0.3 is 0 Å². The highest BCUT2D eigenvalue weighted by Gasteiger charge is 2.44. The van der Waals surface area contributed by atoms with Crippen LogP contribution in [-0.4, -0.2) is 26.9 Å². The van der Waals surface area contributed by atoms with Gasteiger partial charge in [-0.1, -0.05) is 42.5 Å². The van der Waals surface area contributed by atoms with E-state index < -0.39 is 17.2 Å². The van der Waals surface area contributed by atoms with Gasteiger partial charge in [-0.3, -0.25) is 0 Å². The van der Waals surface area contributed by atoms with Crippen molar-refractivity contribution in [3.05, 3.63) is 107 Å². The Morgan fingerprint density at radius 3 is 2.59 bits per heavy atom. The maximum Gasteiger partial charge on any atom is 0.191 e. The number of ether oxygens (including phenoxy) is 2. The zero-order valence-corrected chi connectivity index (χ0v) is 21.5. The number of hydrogen-bond donors (Lipinski definition) is 0. The van der Waals surface area contributed by atoms with Crippen molar-refractivity contribution in [2.45, 2.75) is 38.5 Å². The SMILES string of the molecule is COc1cc(-c2nnc3n2CCCC3(OCc2ccccc2)c2ccc(F)c(F)c2)ccc1-c1cnc(C)o1. The van der Waals surface area contributed by atoms with Gasteiger partial charge in [-0.25, -0.2) is 13.8 Å². The minimum atomic E-state index is -1.12. The summed E-state index contributed by atoms with van der Waals surface area (Å²) >= 11 is 0. The zero-order valence-electron chi connectivity index (χ0n) is 21.5. The fourth-order valence-corrected chi connectivity index (χ4v) is 5.17. The Morgan fingerprint density at radius 2 is 1.85 bits per heavy atom. The van der Waals surface area contributed by atoms with Crippen LogP contribution in [0.15, 0.2) is 77.3 Å². The number of halogens is 2. The van der Waals surface area contributed by atoms with Gasteiger partial charge in [0.15, 0.2) is 40.5 Å². The van der Waals surface area contributed by atoms with E-state index in [1.54, 1.807) is 26.3 Å². The highest BCUT2D eigenvalue weighted by Crippen LogP contribution is 2.43. The number of fused-ring (bicyclic) bond motifs is 1. The Morgan fingerprint density at radius 1 is 1.00 bits per heavy atom. The fourth-order valence-electron chi connectivity index (χ4n) is 5.17. The molecule has 2 aromatic heterocycles. The average molecular weight is 529 g/mol. The number of aryl methyl sites for hydroxylation is 1. The summed E-state index contributed by atoms with van der Waals surface area (Å²) < 4.78 is 48.3. The van der Waals surface area contributed by atoms with Crippen molar-refractivity contribution in [1.29, 1.82) is 0 Å². The van der Waals surface area contributed by atoms with Crippen LogP contribution in [0.25, 0.3) is 22.7 Å². The topological polar surface area (TPSA) is 75.2 Å². The highest BCUT2D eigenvalue weighted by molar-refractivity contribution is 5.71. The van der Waals surface area contributed by atoms with E-state index in [2.05, 4.69) is 15.2 Å². The van der Waals surface area contributed by atoms with Crippen LogP contribution in [0, 0.1) is 18.6 Å². The summed E-state index contributed by atoms with van der Waals surface area (Å²) in [4.78, 5) is 4.18. The summed E-state index contributed by atoms with van der Waals surface area (Å²) in [6.07, 6.45) is 2.92. The number of benzene rings is 3. The van der Waals surface area contributed by atoms with Crippen LogP contribution in [0.1, 0.15) is 35.7 Å². The third-order valence-corrected chi connectivity index (χ3v) is 7.08. The van der Waals surface area contributed by atoms with Crippen molar-refractivity contribution in [1.82, 2.24) is 19.7 Å². The van der Waals surface area contributed by atoms with Crippen molar-refractivity contribution in [3.8, 4) is 28.5 Å². The lowest BCUT2D eigenvalue weighted by Gasteiger charge is -2.37. The lowest BCUT2D eigenvalue weighted by Crippen LogP contribution is -2.38. The second-order valence-corrected chi connectivity index (χ2v) is 9.49. The Kier molecular flexibility index (Phi) is 6.44. The summed E-state index contributed by atoms with van der Waals surface area (Å²) in [6.45, 7) is 2.69. The molecule has 1 unspecified atom stereocenters. The summed E-state index contributed by atoms with van der Waals surface area (Å²) in [6, 6.07) is 19.3. The van der Waals surface area contributed by atoms with Gasteiger partial charge in [-0.05, 0) is 48.2 Å². The van der Waals surface area contributed by atoms with E-state index in [0.29, 0.717) is 47.6 Å². The second-order valence-electron chi connectivity index (χ2n) is 9.49. The molecule has 3 aromatic carbocycles. The molecule has 1 atom stereocenters. The van der Waals surface area contributed by atoms with Crippen molar-refractivity contribution >= 4 is 0 Å². The molecular weight excluding hydrogens is 502 g/mol. The molecule has 7 nitrogen and oxygen atoms in total. The highest BCUT2D eigenvalue weighted by atomic mass is 19.2. The molecule has 39 heavy (non-hydrogen) atoms. The predicted octanol–water partition coefficient (Wildman–Crippen LogP) is 6.45. The Bertz CT molecular complexity index is 1630. The first-order valence-corrected chi connectivity index (χ1v) is 12.7. The van der Waals surface area contributed by atoms with E-state index >= 15 is 0 Å². The normalized spacial score (nSPS) is 16.7. The maximum absolute atomic E-state index is 14.5. The lowest BCUT2D eigenvalue weighted by atomic mass is 9.85. The molecule has 0 aliphatic carbocycles. The molecule has 0 N–H and O–H groups in total. The van der Waals surface area contributed by atoms with E-state index in [4.69, 9.17) is 13.9 Å². The van der Waals surface area contributed by atoms with Crippen LogP contribution >= 0.6 is 0 Å². The van der Waals surface area contributed by atoms with Gasteiger partial charge in [-0.2, -0.15) is 0 Å². The maximum atomic E-state index is 14.5. The molecular formula is C30H26F2N4O3. The first-order valence-electron chi connectivity index (χ1n) is 12.7. The molecule has 5 aromatic rings. The van der Waals surface area contributed by atoms with Crippen LogP contribution in [0.2, 0.25) is 0 Å². The van der Waals surface area contributed by atoms with Gasteiger partial charge in [0.2, 0.25) is 0 Å². The summed E-state index contributed by atoms with van der Waals surface area (Å²) in [5, 5.41) is 9.11. The smallest absolute Gasteiger partial charge is 0.191 e. The number of aromatic nitrogens is 4. The van der Waals surface area contributed by atoms with E-state index in [1.807, 2.05) is 53.1 Å². The van der Waals surface area contributed by atoms with Gasteiger partial charge in [0, 0.05) is 19.0 Å². The molecule has 3 heterocycles. The Labute approximate surface area is 224 Å². The van der Waals surface area contributed by atoms with E-state index in [0.717, 1.165) is 29.2 Å². The number of oxazole rings is 1. The lowest BCUT2D eigenvalue weighted by molar-refractivity contribution is -0.0546. The first-order chi connectivity index (χ1) is 19.0. The van der Waals surface area contributed by atoms with Crippen molar-refractivity contribution in [3.63, 3.8) is 0 Å². The van der Waals surface area contributed by atoms with Crippen LogP contribution in [0.4, 0.5) is 8.78 Å². The number of methoxy groups -OCH3 is 1. The van der Waals surface area contributed by atoms with E-state index in [1.165, 1.54) is 6.07 Å². The molecule has 0 saturated carbocycles. The summed E-state index contributed by atoms with van der Waals surface area (Å²) in [5.41, 5.74) is 1.89. The summed E-state index contributed by atoms with van der Waals surface area (Å²) in [7, 11) is 1.59. The Hall–Kier alpha value is -4.37. The Balaban J connectivity index is 1.44. The van der Waals surface area contributed by atoms with Crippen molar-refractivity contribution in [2.24, 2.45) is 0 Å². The molecule has 0 amide bonds. The number of nitrogens with zero attached hydrogens (tertiary/aromatic N) is 4. The summed E-state index contributed by atoms with van der Waals surface area (Å²) in [5.74, 6) is 1.08. The van der Waals surface area contributed by atoms with Crippen molar-refractivity contribution in [2.75, 3.05) is 7.11 Å². The molecule has 0 spiro atoms. The number of rotatable bonds is 7. The van der Waals surface area contributed by atoms with Crippen LogP contribution < -0.4 is 4.74 Å². The second kappa shape index (κ2) is 10.1. The fraction of sp³-hybridized carbons (Fsp3) is 0.233. The van der Waals surface area contributed by atoms with Gasteiger partial charge in [-0.15, -0.1) is 10.2 Å². The average Bonchev–Trinajstić information content (AvgIpc) is 3.60. The number of hydrogen-bond acceptors (Lipinski definition) is 6. The molecule has 0 saturated heterocycles. The quantitative estimate of drug-likeness (QED) is 0.242. The molecule has 1 aliphatic heterocycles. The van der Waals surface area contributed by atoms with Crippen LogP contribution in [0.3, 0.4) is 0 Å². The zero-order chi connectivity index (χ0) is 27.0. The van der Waals surface area contributed by atoms with Crippen LogP contribution in [-0.2, 0) is 23.5 Å². The van der Waals surface area contributed by atoms with E-state index in [-0.39, 0.29) is 6.61 Å². The van der Waals surface area contributed by atoms with E-state index in [9.17, 15) is 8.78 Å². The molecule has 9 heteroatoms. The molecule has 0 fully saturated rings. The minimum absolute atomic E-state index is 0.265. The van der Waals surface area contributed by atoms with Gasteiger partial charge in [0.25, 0.3) is 0 Å². The van der Waals surface area contributed by atoms with Crippen molar-refractivity contribution < 1.29 is 22.7 Å². The third kappa shape index (κ3) is 4.48. The van der Waals surface area contributed by atoms with Gasteiger partial charge in [0.1, 0.15) is 5.75 Å². The minimum Gasteiger partial charge on any atom is -0.496 e. The largest absolute Gasteiger partial charge is 0.496 e. The molecule has 198 valence electrons. The molecule has 1 aliphatic rings. The predicted molar refractivity (Wildman–Crippen MR) is 140 cm³/mol. The van der Waals surface area contributed by atoms with Gasteiger partial charge in [0.05, 0.1) is 25.5 Å². The first kappa shape index (κ1) is 24.9. The molecule has 6 rings (SSSR count). The van der Waals surface area contributed by atoms with Gasteiger partial charge < -0.3 is 18.5 Å².